The lowest BCUT2D eigenvalue weighted by molar-refractivity contribution is 1.18. The van der Waals surface area contributed by atoms with E-state index in [2.05, 4.69) is 543 Å². The summed E-state index contributed by atoms with van der Waals surface area (Å²) in [6.07, 6.45) is 0. The second-order valence-corrected chi connectivity index (χ2v) is 38.7. The second-order valence-electron chi connectivity index (χ2n) is 38.7. The Bertz CT molecular complexity index is 10200. The third-order valence-electron chi connectivity index (χ3n) is 30.7. The summed E-state index contributed by atoms with van der Waals surface area (Å²) in [4.78, 5) is 0. The van der Waals surface area contributed by atoms with Gasteiger partial charge in [-0.05, 0) is 376 Å². The largest absolute Gasteiger partial charge is 0.309 e. The third-order valence-corrected chi connectivity index (χ3v) is 30.7. The van der Waals surface area contributed by atoms with E-state index in [1.807, 2.05) is 0 Å². The molecule has 0 fully saturated rings. The van der Waals surface area contributed by atoms with Crippen LogP contribution in [0.25, 0.3) is 297 Å². The third kappa shape index (κ3) is 13.5. The molecule has 0 saturated carbocycles. The molecule has 0 radical (unpaired) electrons. The smallest absolute Gasteiger partial charge is 0.0541 e. The van der Waals surface area contributed by atoms with Crippen molar-refractivity contribution in [1.82, 2.24) is 9.13 Å². The van der Waals surface area contributed by atoms with Crippen LogP contribution in [-0.2, 0) is 0 Å². The molecule has 0 aliphatic heterocycles. The molecule has 0 spiro atoms. The Morgan fingerprint density at radius 3 is 0.764 bits per heavy atom. The van der Waals surface area contributed by atoms with Crippen LogP contribution >= 0.6 is 0 Å². The van der Waals surface area contributed by atoms with Gasteiger partial charge in [0.15, 0.2) is 0 Å². The molecule has 0 bridgehead atoms. The van der Waals surface area contributed by atoms with E-state index in [9.17, 15) is 0 Å². The monoisotopic (exact) mass is 1820 g/mol. The van der Waals surface area contributed by atoms with Crippen molar-refractivity contribution in [3.8, 4) is 178 Å². The molecule has 0 atom stereocenters. The molecule has 3 aliphatic rings. The zero-order chi connectivity index (χ0) is 94.6. The molecule has 666 valence electrons. The maximum atomic E-state index is 2.41. The highest BCUT2D eigenvalue weighted by atomic mass is 15.0. The summed E-state index contributed by atoms with van der Waals surface area (Å²) in [6, 6.07) is 197. The predicted molar refractivity (Wildman–Crippen MR) is 613 cm³/mol. The van der Waals surface area contributed by atoms with Gasteiger partial charge in [-0.15, -0.1) is 0 Å². The molecule has 28 aromatic rings. The zero-order valence-electron chi connectivity index (χ0n) is 78.7. The zero-order valence-corrected chi connectivity index (χ0v) is 78.7. The van der Waals surface area contributed by atoms with Gasteiger partial charge in [-0.25, -0.2) is 0 Å². The van der Waals surface area contributed by atoms with E-state index in [4.69, 9.17) is 0 Å². The summed E-state index contributed by atoms with van der Waals surface area (Å²) in [7, 11) is 0. The number of aromatic nitrogens is 2. The van der Waals surface area contributed by atoms with Gasteiger partial charge in [0.05, 0.1) is 22.1 Å². The van der Waals surface area contributed by atoms with Crippen molar-refractivity contribution >= 4 is 119 Å². The van der Waals surface area contributed by atoms with Crippen LogP contribution in [0.3, 0.4) is 0 Å². The van der Waals surface area contributed by atoms with Gasteiger partial charge in [-0.1, -0.05) is 400 Å². The van der Waals surface area contributed by atoms with Crippen molar-refractivity contribution < 1.29 is 0 Å². The first-order valence-electron chi connectivity index (χ1n) is 50.0. The second kappa shape index (κ2) is 33.5. The Morgan fingerprint density at radius 2 is 0.347 bits per heavy atom. The molecular formula is C142H88N2. The SMILES string of the molecule is c1cc(-c2cc3c4c(cccc4c2)-c2ccccc2-3)cc(-c2c3ccccc3c(-c3ccc4ccccc4c3)c3ccccc23)c1.c1cc(-c2cc3c4c(cccc4c2)-c2ccccc2-3)cc(-c2ccccc2-c2ccc3ccccc3c2)c1.c1ccc(-n2c3ccccc3c3cc(-c4ccc5c(c4)c4cc(-c6cccc(-c7cc8c9c(cccc9c7)-c7ccccc7-8)c6)ccc4n5-c4ccccc4)ccc32)cc1. The Labute approximate surface area is 834 Å². The van der Waals surface area contributed by atoms with E-state index >= 15 is 0 Å². The molecule has 0 saturated heterocycles. The van der Waals surface area contributed by atoms with E-state index in [0.717, 1.165) is 5.69 Å². The molecular weight excluding hydrogens is 1730 g/mol. The van der Waals surface area contributed by atoms with E-state index < -0.39 is 0 Å². The maximum Gasteiger partial charge on any atom is 0.0541 e. The van der Waals surface area contributed by atoms with Gasteiger partial charge in [0.2, 0.25) is 0 Å². The molecule has 0 amide bonds. The van der Waals surface area contributed by atoms with Gasteiger partial charge in [-0.2, -0.15) is 0 Å². The van der Waals surface area contributed by atoms with Gasteiger partial charge in [0.1, 0.15) is 0 Å². The standard InChI is InChI=1S/C58H36N2.C46H28.C38H24/c1-3-16-44(17-4-1)59-54-24-10-9-22-48(54)50-33-40(26-28-55(50)59)41-27-30-57-52(35-41)51-34-39(25-29-56(51)60(57)45-18-5-2-6-19-45)37-13-11-14-38(31-37)43-32-42-15-12-23-49-46-20-7-8-21-47(46)53(36-43)58(42)49;1-2-12-30-25-34(24-23-29(30)11-1)45-41-20-7-5-18-39(41)44(40-19-6-8-21-42(40)45)32-14-9-13-31(26-32)35-27-33-15-10-22-38-36-16-3-4-17-37(36)43(28-35)46(33)38;1-2-10-26-21-29(20-19-25(26)9-1)33-15-4-3-14-32(33)28-12-7-11-27(22-28)31-23-30-13-8-18-36-34-16-5-6-17-35(34)37(24-31)38(30)36/h1-36H;1-28H;1-24H. The number of benzene rings is 26. The number of rotatable bonds is 11. The fourth-order valence-electron chi connectivity index (χ4n) is 24.2. The molecule has 2 heterocycles. The molecule has 26 aromatic carbocycles. The van der Waals surface area contributed by atoms with E-state index in [1.165, 1.54) is 292 Å². The van der Waals surface area contributed by atoms with E-state index in [0.29, 0.717) is 0 Å². The Kier molecular flexibility index (Phi) is 19.1. The Hall–Kier alpha value is -18.9. The lowest BCUT2D eigenvalue weighted by atomic mass is 9.85. The summed E-state index contributed by atoms with van der Waals surface area (Å²) in [5.74, 6) is 0. The van der Waals surface area contributed by atoms with Crippen LogP contribution in [0.15, 0.2) is 534 Å². The molecule has 0 N–H and O–H groups in total. The molecule has 3 aliphatic carbocycles. The van der Waals surface area contributed by atoms with Crippen LogP contribution in [0.5, 0.6) is 0 Å². The lowest BCUT2D eigenvalue weighted by Crippen LogP contribution is -1.93. The predicted octanol–water partition coefficient (Wildman–Crippen LogP) is 39.3. The highest BCUT2D eigenvalue weighted by molar-refractivity contribution is 6.24. The number of nitrogens with zero attached hydrogens (tertiary/aromatic N) is 2. The summed E-state index contributed by atoms with van der Waals surface area (Å²) >= 11 is 0. The van der Waals surface area contributed by atoms with Crippen molar-refractivity contribution in [2.45, 2.75) is 0 Å². The van der Waals surface area contributed by atoms with Gasteiger partial charge in [0, 0.05) is 32.9 Å². The van der Waals surface area contributed by atoms with E-state index in [1.54, 1.807) is 0 Å². The summed E-state index contributed by atoms with van der Waals surface area (Å²) in [5, 5.41) is 23.1. The summed E-state index contributed by atoms with van der Waals surface area (Å²) < 4.78 is 4.79. The minimum Gasteiger partial charge on any atom is -0.309 e. The number of para-hydroxylation sites is 3. The first kappa shape index (κ1) is 82.2. The maximum absolute atomic E-state index is 2.41. The first-order chi connectivity index (χ1) is 71.4. The highest BCUT2D eigenvalue weighted by Gasteiger charge is 2.29. The number of hydrogen-bond donors (Lipinski definition) is 0. The van der Waals surface area contributed by atoms with Crippen molar-refractivity contribution in [3.63, 3.8) is 0 Å². The average molecular weight is 1820 g/mol. The van der Waals surface area contributed by atoms with Crippen LogP contribution < -0.4 is 0 Å². The molecule has 31 rings (SSSR count). The fraction of sp³-hybridized carbons (Fsp3) is 0. The Morgan fingerprint density at radius 1 is 0.104 bits per heavy atom. The highest BCUT2D eigenvalue weighted by Crippen LogP contribution is 2.55. The van der Waals surface area contributed by atoms with Crippen LogP contribution in [0, 0.1) is 0 Å². The lowest BCUT2D eigenvalue weighted by Gasteiger charge is -2.18. The molecule has 2 nitrogen and oxygen atoms in total. The molecule has 2 aromatic heterocycles. The van der Waals surface area contributed by atoms with Crippen molar-refractivity contribution in [2.24, 2.45) is 0 Å². The molecule has 144 heavy (non-hydrogen) atoms. The van der Waals surface area contributed by atoms with Crippen LogP contribution in [0.2, 0.25) is 0 Å². The minimum absolute atomic E-state index is 1.16. The van der Waals surface area contributed by atoms with Gasteiger partial charge >= 0.3 is 0 Å². The van der Waals surface area contributed by atoms with Crippen molar-refractivity contribution in [2.75, 3.05) is 0 Å². The first-order valence-corrected chi connectivity index (χ1v) is 50.0. The average Bonchev–Trinajstić information content (AvgIpc) is 1.69. The van der Waals surface area contributed by atoms with Gasteiger partial charge in [-0.3, -0.25) is 0 Å². The summed E-state index contributed by atoms with van der Waals surface area (Å²) in [6.45, 7) is 0. The van der Waals surface area contributed by atoms with Crippen molar-refractivity contribution in [1.29, 1.82) is 0 Å². The molecule has 2 heteroatoms. The van der Waals surface area contributed by atoms with E-state index in [-0.39, 0.29) is 0 Å². The van der Waals surface area contributed by atoms with Crippen LogP contribution in [0.1, 0.15) is 0 Å². The van der Waals surface area contributed by atoms with Gasteiger partial charge in [0.25, 0.3) is 0 Å². The Balaban J connectivity index is 0.000000106. The fourth-order valence-corrected chi connectivity index (χ4v) is 24.2. The van der Waals surface area contributed by atoms with Crippen molar-refractivity contribution in [3.05, 3.63) is 534 Å². The van der Waals surface area contributed by atoms with Crippen LogP contribution in [-0.4, -0.2) is 9.13 Å². The summed E-state index contributed by atoms with van der Waals surface area (Å²) in [5.41, 5.74) is 45.4. The number of hydrogen-bond acceptors (Lipinski definition) is 0. The topological polar surface area (TPSA) is 9.86 Å². The van der Waals surface area contributed by atoms with Crippen LogP contribution in [0.4, 0.5) is 0 Å². The van der Waals surface area contributed by atoms with Gasteiger partial charge < -0.3 is 9.13 Å². The number of fused-ring (bicyclic) bond motifs is 19. The quantitative estimate of drug-likeness (QED) is 0.114. The minimum atomic E-state index is 1.16. The molecule has 0 unspecified atom stereocenters. The normalized spacial score (nSPS) is 11.9.